The molecule has 43 heteroatoms. The van der Waals surface area contributed by atoms with Crippen LogP contribution in [0.5, 0.6) is 0 Å². The van der Waals surface area contributed by atoms with E-state index >= 15 is 0 Å². The van der Waals surface area contributed by atoms with Crippen LogP contribution in [0.2, 0.25) is 0 Å². The number of carbonyl (C=O) groups excluding carboxylic acids is 3. The number of rotatable bonds is 10. The third kappa shape index (κ3) is 38.1. The average Bonchev–Trinajstić information content (AvgIpc) is 1.74. The Bertz CT molecular complexity index is 4640. The van der Waals surface area contributed by atoms with Crippen LogP contribution in [0, 0.1) is 59.4 Å². The normalized spacial score (nSPS) is 18.1. The quantitative estimate of drug-likeness (QED) is 0.197. The first-order chi connectivity index (χ1) is 43.3. The first-order valence-corrected chi connectivity index (χ1v) is 40.2. The standard InChI is InChI=1S/C9H14O3S.C8H10O3S.C7H4O4S.C7H6O3S.2C4H6O3S.C3H2O4S.C3O4S.C3H4O3S.C3H2O3S/c1-2-8-12-13(10,11)9-6-4-3-5-7-9;1-12(9,10)11-7-8-5-3-2-4-6-8;8-7-5-3-1-2-4-6(5)12(9,10)11-7;8-11(9)7-4-2-1-3-6(7)5-10-11;2*1-3-4-7-8(2,5)6;2*4-3-1-2-8(5,6)7-3;2*4-7(5)3-1-2-6-7/h1,9H,3-8H2;2-6H,7H2,1H3;1-4H;1-4H,5H2;2*1H,4H2,2H3;1-2H;;1,3H,2H2;2H2. The van der Waals surface area contributed by atoms with Crippen molar-refractivity contribution in [2.24, 2.45) is 0 Å². The number of benzene rings is 3. The smallest absolute Gasteiger partial charge is 0.339 e. The van der Waals surface area contributed by atoms with Crippen molar-refractivity contribution >= 4 is 119 Å². The van der Waals surface area contributed by atoms with Crippen LogP contribution in [-0.2, 0) is 166 Å². The number of hydrogen-bond donors (Lipinski definition) is 0. The first-order valence-electron chi connectivity index (χ1n) is 24.7. The summed E-state index contributed by atoms with van der Waals surface area (Å²) in [6, 6.07) is 21.8. The van der Waals surface area contributed by atoms with Gasteiger partial charge in [0.1, 0.15) is 31.3 Å². The molecule has 0 aromatic heterocycles. The zero-order valence-corrected chi connectivity index (χ0v) is 56.8. The molecular weight excluding hydrogens is 1460 g/mol. The van der Waals surface area contributed by atoms with Gasteiger partial charge in [0.2, 0.25) is 0 Å². The summed E-state index contributed by atoms with van der Waals surface area (Å²) >= 11 is 0. The zero-order valence-electron chi connectivity index (χ0n) is 48.7. The van der Waals surface area contributed by atoms with Crippen molar-refractivity contribution in [3.63, 3.8) is 0 Å². The van der Waals surface area contributed by atoms with Crippen LogP contribution in [0.1, 0.15) is 53.6 Å². The second kappa shape index (κ2) is 38.8. The van der Waals surface area contributed by atoms with Gasteiger partial charge < -0.3 is 12.5 Å². The van der Waals surface area contributed by atoms with Gasteiger partial charge in [0.25, 0.3) is 60.7 Å². The van der Waals surface area contributed by atoms with Crippen LogP contribution in [0.15, 0.2) is 112 Å². The Labute approximate surface area is 545 Å². The van der Waals surface area contributed by atoms with Crippen molar-refractivity contribution in [3.8, 4) is 59.4 Å². The SMILES string of the molecule is C#CCOS(=O)(=O)C1CCCCC1.C#CCOS(C)(=O)=O.C#CCOS(C)(=O)=O.CS(=O)(=O)OCc1ccccc1.O=C1C#CS(=O)(=O)O1.O=C1C=CS(=O)(=O)O1.O=C1OS(=O)(=O)c2ccccc21.O=S1(=O)C#CCO1.O=S1(=O)C=CCO1.O=S1(=O)OCc2ccccc21. The van der Waals surface area contributed by atoms with Gasteiger partial charge in [0.15, 0.2) is 0 Å². The fourth-order valence-electron chi connectivity index (χ4n) is 5.85. The first kappa shape index (κ1) is 84.6. The molecule has 0 saturated heterocycles. The average molecular weight is 1520 g/mol. The third-order valence-electron chi connectivity index (χ3n) is 9.54. The Balaban J connectivity index is 0.000000526. The lowest BCUT2D eigenvalue weighted by Gasteiger charge is -2.20. The van der Waals surface area contributed by atoms with Gasteiger partial charge in [-0.05, 0) is 42.7 Å². The molecule has 0 atom stereocenters. The molecule has 516 valence electrons. The summed E-state index contributed by atoms with van der Waals surface area (Å²) in [5, 5.41) is 4.93. The molecule has 6 aliphatic heterocycles. The molecule has 1 saturated carbocycles. The van der Waals surface area contributed by atoms with Gasteiger partial charge in [-0.2, -0.15) is 84.2 Å². The highest BCUT2D eigenvalue weighted by atomic mass is 32.3. The lowest BCUT2D eigenvalue weighted by molar-refractivity contribution is -0.128. The molecule has 3 aromatic carbocycles. The van der Waals surface area contributed by atoms with Crippen molar-refractivity contribution in [1.82, 2.24) is 0 Å². The molecule has 3 aromatic rings. The molecule has 0 radical (unpaired) electrons. The van der Waals surface area contributed by atoms with E-state index in [4.69, 9.17) is 19.3 Å². The van der Waals surface area contributed by atoms with E-state index in [0.29, 0.717) is 17.7 Å². The second-order valence-corrected chi connectivity index (χ2v) is 32.5. The number of hydrogen-bond acceptors (Lipinski definition) is 33. The molecular formula is C51H54O33S10. The summed E-state index contributed by atoms with van der Waals surface area (Å²) in [4.78, 5) is 31.0. The van der Waals surface area contributed by atoms with Gasteiger partial charge in [-0.15, -0.1) is 19.3 Å². The predicted octanol–water partition coefficient (Wildman–Crippen LogP) is 0.492. The van der Waals surface area contributed by atoms with Gasteiger partial charge in [-0.25, -0.2) is 18.6 Å². The van der Waals surface area contributed by atoms with Crippen molar-refractivity contribution < 1.29 is 140 Å². The van der Waals surface area contributed by atoms with E-state index in [1.807, 2.05) is 47.4 Å². The molecule has 6 heterocycles. The van der Waals surface area contributed by atoms with Gasteiger partial charge in [-0.1, -0.05) is 104 Å². The van der Waals surface area contributed by atoms with Crippen molar-refractivity contribution in [2.45, 2.75) is 60.4 Å². The fourth-order valence-corrected chi connectivity index (χ4v) is 12.5. The summed E-state index contributed by atoms with van der Waals surface area (Å²) < 4.78 is 251. The molecule has 0 spiro atoms. The molecule has 0 unspecified atom stereocenters. The zero-order chi connectivity index (χ0) is 71.7. The van der Waals surface area contributed by atoms with Crippen LogP contribution in [0.4, 0.5) is 0 Å². The van der Waals surface area contributed by atoms with Gasteiger partial charge in [-0.3, -0.25) is 25.1 Å². The van der Waals surface area contributed by atoms with E-state index < -0.39 is 119 Å². The molecule has 0 amide bonds. The molecule has 10 rings (SSSR count). The molecule has 0 bridgehead atoms. The van der Waals surface area contributed by atoms with Crippen molar-refractivity contribution in [3.05, 3.63) is 119 Å². The monoisotopic (exact) mass is 1510 g/mol. The fraction of sp³-hybridized carbons (Fsp3) is 0.314. The van der Waals surface area contributed by atoms with Crippen LogP contribution in [0.25, 0.3) is 0 Å². The number of carbonyl (C=O) groups is 3. The van der Waals surface area contributed by atoms with Gasteiger partial charge in [0.05, 0.1) is 75.6 Å². The van der Waals surface area contributed by atoms with E-state index in [-0.39, 0.29) is 62.0 Å². The summed E-state index contributed by atoms with van der Waals surface area (Å²) in [6.07, 6.45) is 24.1. The highest BCUT2D eigenvalue weighted by molar-refractivity contribution is 7.92. The van der Waals surface area contributed by atoms with Crippen molar-refractivity contribution in [2.75, 3.05) is 51.8 Å². The minimum absolute atomic E-state index is 0.0162. The number of fused-ring (bicyclic) bond motifs is 2. The largest absolute Gasteiger partial charge is 0.401 e. The van der Waals surface area contributed by atoms with Gasteiger partial charge in [0, 0.05) is 17.6 Å². The molecule has 94 heavy (non-hydrogen) atoms. The van der Waals surface area contributed by atoms with E-state index in [2.05, 4.69) is 53.7 Å². The lowest BCUT2D eigenvalue weighted by atomic mass is 10.0. The van der Waals surface area contributed by atoms with Crippen LogP contribution < -0.4 is 0 Å². The van der Waals surface area contributed by atoms with E-state index in [1.54, 1.807) is 47.6 Å². The number of terminal acetylenes is 3. The van der Waals surface area contributed by atoms with Crippen LogP contribution >= 0.6 is 0 Å². The summed E-state index contributed by atoms with van der Waals surface area (Å²) in [7, 11) is -34.6. The van der Waals surface area contributed by atoms with E-state index in [0.717, 1.165) is 66.0 Å². The van der Waals surface area contributed by atoms with E-state index in [1.165, 1.54) is 18.2 Å². The predicted molar refractivity (Wildman–Crippen MR) is 327 cm³/mol. The minimum Gasteiger partial charge on any atom is -0.339 e. The van der Waals surface area contributed by atoms with Crippen molar-refractivity contribution in [1.29, 1.82) is 0 Å². The summed E-state index contributed by atoms with van der Waals surface area (Å²) in [5.74, 6) is 7.53. The maximum Gasteiger partial charge on any atom is 0.401 e. The Morgan fingerprint density at radius 3 is 1.41 bits per heavy atom. The Morgan fingerprint density at radius 2 is 1.06 bits per heavy atom. The molecule has 7 aliphatic rings. The molecule has 1 fully saturated rings. The molecule has 0 N–H and O–H groups in total. The highest BCUT2D eigenvalue weighted by Gasteiger charge is 2.34. The Morgan fingerprint density at radius 1 is 0.543 bits per heavy atom. The molecule has 1 aliphatic carbocycles. The summed E-state index contributed by atoms with van der Waals surface area (Å²) in [5.41, 5.74) is 1.70. The topological polar surface area (TPSA) is 485 Å². The summed E-state index contributed by atoms with van der Waals surface area (Å²) in [6.45, 7) is -0.000648. The van der Waals surface area contributed by atoms with E-state index in [9.17, 15) is 98.6 Å². The lowest BCUT2D eigenvalue weighted by Crippen LogP contribution is -2.26. The molecule has 33 nitrogen and oxygen atoms in total. The Kier molecular flexibility index (Phi) is 34.9. The minimum atomic E-state index is -3.81. The maximum atomic E-state index is 11.4. The highest BCUT2D eigenvalue weighted by Crippen LogP contribution is 2.27. The third-order valence-corrected chi connectivity index (χ3v) is 18.9. The van der Waals surface area contributed by atoms with Gasteiger partial charge >= 0.3 is 58.4 Å². The van der Waals surface area contributed by atoms with Crippen LogP contribution in [0.3, 0.4) is 0 Å². The Hall–Kier alpha value is -7.43. The van der Waals surface area contributed by atoms with Crippen LogP contribution in [-0.4, -0.2) is 159 Å². The maximum absolute atomic E-state index is 11.4. The second-order valence-electron chi connectivity index (χ2n) is 17.1.